The van der Waals surface area contributed by atoms with Gasteiger partial charge in [-0.2, -0.15) is 5.10 Å². The maximum Gasteiger partial charge on any atom is 0.320 e. The van der Waals surface area contributed by atoms with E-state index in [1.54, 1.807) is 16.9 Å². The number of nitrogens with zero attached hydrogens (tertiary/aromatic N) is 3. The molecule has 0 aromatic carbocycles. The largest absolute Gasteiger partial charge is 0.391 e. The number of pyridine rings is 1. The van der Waals surface area contributed by atoms with Gasteiger partial charge in [0.2, 0.25) is 0 Å². The SMILES string of the molecule is CCC(CC)C(O)CNC(=O)Nc1cc(C)nn1Cc1ccccn1. The summed E-state index contributed by atoms with van der Waals surface area (Å²) < 4.78 is 1.70. The van der Waals surface area contributed by atoms with Gasteiger partial charge in [-0.1, -0.05) is 32.8 Å². The Labute approximate surface area is 148 Å². The van der Waals surface area contributed by atoms with Crippen LogP contribution in [0, 0.1) is 12.8 Å². The molecule has 3 N–H and O–H groups in total. The summed E-state index contributed by atoms with van der Waals surface area (Å²) in [6, 6.07) is 7.13. The van der Waals surface area contributed by atoms with Crippen molar-refractivity contribution in [2.45, 2.75) is 46.3 Å². The molecule has 2 aromatic rings. The summed E-state index contributed by atoms with van der Waals surface area (Å²) in [6.45, 7) is 6.65. The molecule has 25 heavy (non-hydrogen) atoms. The number of carbonyl (C=O) groups is 1. The number of aliphatic hydroxyl groups excluding tert-OH is 1. The summed E-state index contributed by atoms with van der Waals surface area (Å²) in [4.78, 5) is 16.4. The molecule has 1 unspecified atom stereocenters. The number of hydrogen-bond donors (Lipinski definition) is 3. The molecular formula is C18H27N5O2. The summed E-state index contributed by atoms with van der Waals surface area (Å²) in [5.41, 5.74) is 1.67. The van der Waals surface area contributed by atoms with Crippen LogP contribution in [0.3, 0.4) is 0 Å². The number of nitrogens with one attached hydrogen (secondary N) is 2. The summed E-state index contributed by atoms with van der Waals surface area (Å²) in [5.74, 6) is 0.787. The van der Waals surface area contributed by atoms with E-state index in [0.29, 0.717) is 12.4 Å². The minimum Gasteiger partial charge on any atom is -0.391 e. The van der Waals surface area contributed by atoms with Gasteiger partial charge in [-0.15, -0.1) is 0 Å². The van der Waals surface area contributed by atoms with Gasteiger partial charge < -0.3 is 10.4 Å². The molecule has 0 saturated heterocycles. The normalized spacial score (nSPS) is 12.2. The second kappa shape index (κ2) is 9.17. The molecule has 0 saturated carbocycles. The van der Waals surface area contributed by atoms with Gasteiger partial charge in [0.1, 0.15) is 5.82 Å². The van der Waals surface area contributed by atoms with E-state index in [9.17, 15) is 9.90 Å². The van der Waals surface area contributed by atoms with Crippen LogP contribution in [0.2, 0.25) is 0 Å². The van der Waals surface area contributed by atoms with Gasteiger partial charge in [-0.05, 0) is 25.0 Å². The van der Waals surface area contributed by atoms with E-state index in [1.165, 1.54) is 0 Å². The molecule has 7 nitrogen and oxygen atoms in total. The van der Waals surface area contributed by atoms with Crippen LogP contribution in [0.4, 0.5) is 10.6 Å². The van der Waals surface area contributed by atoms with E-state index in [1.807, 2.05) is 39.0 Å². The van der Waals surface area contributed by atoms with Crippen molar-refractivity contribution in [3.8, 4) is 0 Å². The molecule has 0 fully saturated rings. The molecule has 0 radical (unpaired) electrons. The van der Waals surface area contributed by atoms with Gasteiger partial charge in [0, 0.05) is 18.8 Å². The van der Waals surface area contributed by atoms with Crippen LogP contribution in [0.15, 0.2) is 30.5 Å². The second-order valence-electron chi connectivity index (χ2n) is 6.13. The zero-order valence-corrected chi connectivity index (χ0v) is 15.1. The third kappa shape index (κ3) is 5.56. The van der Waals surface area contributed by atoms with E-state index in [0.717, 1.165) is 24.2 Å². The Morgan fingerprint density at radius 1 is 1.32 bits per heavy atom. The molecule has 0 bridgehead atoms. The van der Waals surface area contributed by atoms with Crippen molar-refractivity contribution < 1.29 is 9.90 Å². The predicted octanol–water partition coefficient (Wildman–Crippen LogP) is 2.55. The number of hydrogen-bond acceptors (Lipinski definition) is 4. The number of aromatic nitrogens is 3. The number of carbonyl (C=O) groups excluding carboxylic acids is 1. The van der Waals surface area contributed by atoms with Crippen LogP contribution in [-0.2, 0) is 6.54 Å². The molecule has 1 atom stereocenters. The zero-order valence-electron chi connectivity index (χ0n) is 15.1. The Balaban J connectivity index is 1.94. The fourth-order valence-electron chi connectivity index (χ4n) is 2.77. The topological polar surface area (TPSA) is 92.1 Å². The summed E-state index contributed by atoms with van der Waals surface area (Å²) in [5, 5.41) is 20.0. The van der Waals surface area contributed by atoms with Gasteiger partial charge in [0.15, 0.2) is 0 Å². The van der Waals surface area contributed by atoms with Crippen molar-refractivity contribution >= 4 is 11.8 Å². The van der Waals surface area contributed by atoms with Crippen molar-refractivity contribution in [3.63, 3.8) is 0 Å². The fraction of sp³-hybridized carbons (Fsp3) is 0.500. The Morgan fingerprint density at radius 2 is 2.08 bits per heavy atom. The first-order valence-electron chi connectivity index (χ1n) is 8.70. The fourth-order valence-corrected chi connectivity index (χ4v) is 2.77. The quantitative estimate of drug-likeness (QED) is 0.685. The van der Waals surface area contributed by atoms with Crippen LogP contribution in [0.5, 0.6) is 0 Å². The molecular weight excluding hydrogens is 318 g/mol. The number of aryl methyl sites for hydroxylation is 1. The number of anilines is 1. The van der Waals surface area contributed by atoms with Crippen LogP contribution >= 0.6 is 0 Å². The molecule has 0 aliphatic carbocycles. The molecule has 7 heteroatoms. The second-order valence-corrected chi connectivity index (χ2v) is 6.13. The van der Waals surface area contributed by atoms with Gasteiger partial charge in [0.05, 0.1) is 24.0 Å². The maximum atomic E-state index is 12.1. The van der Waals surface area contributed by atoms with Crippen molar-refractivity contribution in [1.29, 1.82) is 0 Å². The summed E-state index contributed by atoms with van der Waals surface area (Å²) in [6.07, 6.45) is 2.96. The molecule has 0 aliphatic heterocycles. The highest BCUT2D eigenvalue weighted by atomic mass is 16.3. The smallest absolute Gasteiger partial charge is 0.320 e. The highest BCUT2D eigenvalue weighted by Crippen LogP contribution is 2.13. The summed E-state index contributed by atoms with van der Waals surface area (Å²) in [7, 11) is 0. The van der Waals surface area contributed by atoms with E-state index < -0.39 is 6.10 Å². The van der Waals surface area contributed by atoms with Crippen LogP contribution in [0.25, 0.3) is 0 Å². The minimum absolute atomic E-state index is 0.192. The van der Waals surface area contributed by atoms with Crippen molar-refractivity contribution in [2.75, 3.05) is 11.9 Å². The molecule has 136 valence electrons. The van der Waals surface area contributed by atoms with Gasteiger partial charge in [-0.25, -0.2) is 9.48 Å². The van der Waals surface area contributed by atoms with Crippen molar-refractivity contribution in [2.24, 2.45) is 5.92 Å². The molecule has 2 aromatic heterocycles. The molecule has 2 rings (SSSR count). The highest BCUT2D eigenvalue weighted by molar-refractivity contribution is 5.88. The highest BCUT2D eigenvalue weighted by Gasteiger charge is 2.17. The number of urea groups is 1. The third-order valence-electron chi connectivity index (χ3n) is 4.25. The first kappa shape index (κ1) is 18.9. The standard InChI is InChI=1S/C18H27N5O2/c1-4-14(5-2)16(24)11-20-18(25)21-17-10-13(3)22-23(17)12-15-8-6-7-9-19-15/h6-10,14,16,24H,4-5,11-12H2,1-3H3,(H2,20,21,25). The molecule has 0 spiro atoms. The van der Waals surface area contributed by atoms with E-state index in [2.05, 4.69) is 20.7 Å². The van der Waals surface area contributed by atoms with Gasteiger partial charge >= 0.3 is 6.03 Å². The molecule has 2 amide bonds. The lowest BCUT2D eigenvalue weighted by atomic mass is 9.97. The van der Waals surface area contributed by atoms with Crippen LogP contribution in [-0.4, -0.2) is 38.6 Å². The number of amides is 2. The predicted molar refractivity (Wildman–Crippen MR) is 97.4 cm³/mol. The summed E-state index contributed by atoms with van der Waals surface area (Å²) >= 11 is 0. The van der Waals surface area contributed by atoms with Gasteiger partial charge in [0.25, 0.3) is 0 Å². The van der Waals surface area contributed by atoms with E-state index in [-0.39, 0.29) is 18.5 Å². The van der Waals surface area contributed by atoms with Crippen molar-refractivity contribution in [3.05, 3.63) is 41.9 Å². The molecule has 0 aliphatic rings. The zero-order chi connectivity index (χ0) is 18.2. The third-order valence-corrected chi connectivity index (χ3v) is 4.25. The Morgan fingerprint density at radius 3 is 2.72 bits per heavy atom. The Hall–Kier alpha value is -2.41. The van der Waals surface area contributed by atoms with Crippen LogP contribution < -0.4 is 10.6 Å². The number of rotatable bonds is 8. The molecule has 2 heterocycles. The first-order chi connectivity index (χ1) is 12.0. The monoisotopic (exact) mass is 345 g/mol. The lowest BCUT2D eigenvalue weighted by molar-refractivity contribution is 0.104. The van der Waals surface area contributed by atoms with E-state index >= 15 is 0 Å². The minimum atomic E-state index is -0.541. The van der Waals surface area contributed by atoms with Gasteiger partial charge in [-0.3, -0.25) is 10.3 Å². The Kier molecular flexibility index (Phi) is 6.94. The number of aliphatic hydroxyl groups is 1. The average molecular weight is 345 g/mol. The average Bonchev–Trinajstić information content (AvgIpc) is 2.94. The van der Waals surface area contributed by atoms with Crippen molar-refractivity contribution in [1.82, 2.24) is 20.1 Å². The maximum absolute atomic E-state index is 12.1. The van der Waals surface area contributed by atoms with Crippen LogP contribution in [0.1, 0.15) is 38.1 Å². The first-order valence-corrected chi connectivity index (χ1v) is 8.70. The lowest BCUT2D eigenvalue weighted by Crippen LogP contribution is -2.38. The Bertz CT molecular complexity index is 667. The van der Waals surface area contributed by atoms with E-state index in [4.69, 9.17) is 0 Å². The lowest BCUT2D eigenvalue weighted by Gasteiger charge is -2.20.